The number of aliphatic hydroxyl groups is 1. The van der Waals surface area contributed by atoms with Crippen molar-refractivity contribution in [3.05, 3.63) is 187 Å². The molecule has 0 heterocycles. The van der Waals surface area contributed by atoms with Crippen LogP contribution < -0.4 is 9.80 Å². The molecule has 4 heteroatoms. The van der Waals surface area contributed by atoms with Gasteiger partial charge >= 0.3 is 0 Å². The molecule has 6 aromatic rings. The first-order valence-electron chi connectivity index (χ1n) is 14.1. The number of carbonyl (C=O) groups is 1. The fourth-order valence-corrected chi connectivity index (χ4v) is 5.05. The van der Waals surface area contributed by atoms with Crippen LogP contribution in [0.1, 0.15) is 15.9 Å². The fourth-order valence-electron chi connectivity index (χ4n) is 5.05. The Morgan fingerprint density at radius 3 is 1.00 bits per heavy atom. The van der Waals surface area contributed by atoms with Gasteiger partial charge < -0.3 is 14.9 Å². The summed E-state index contributed by atoms with van der Waals surface area (Å²) < 4.78 is 0. The number of nitrogens with zero attached hydrogens (tertiary/aromatic N) is 2. The summed E-state index contributed by atoms with van der Waals surface area (Å²) in [6.45, 7) is 0. The highest BCUT2D eigenvalue weighted by molar-refractivity contribution is 6.08. The topological polar surface area (TPSA) is 43.8 Å². The molecule has 0 spiro atoms. The molecule has 4 nitrogen and oxygen atoms in total. The third-order valence-electron chi connectivity index (χ3n) is 7.16. The lowest BCUT2D eigenvalue weighted by molar-refractivity contribution is 0.104. The van der Waals surface area contributed by atoms with Gasteiger partial charge in [-0.05, 0) is 97.1 Å². The number of hydrogen-bond acceptors (Lipinski definition) is 4. The molecule has 0 unspecified atom stereocenters. The standard InChI is InChI=1S/C39H30N2O2/c42-38(30-21-25-36(26-22-30)40(32-13-5-1-6-14-32)33-15-7-2-8-16-33)29-39(43)31-23-27-37(28-24-31)41(34-17-9-3-10-18-34)35-19-11-4-12-20-35/h1-29,42H/b38-29-. The number of anilines is 6. The van der Waals surface area contributed by atoms with Gasteiger partial charge in [-0.1, -0.05) is 72.8 Å². The van der Waals surface area contributed by atoms with E-state index in [1.54, 1.807) is 12.1 Å². The van der Waals surface area contributed by atoms with Crippen LogP contribution >= 0.6 is 0 Å². The van der Waals surface area contributed by atoms with Gasteiger partial charge in [-0.25, -0.2) is 0 Å². The maximum atomic E-state index is 13.1. The van der Waals surface area contributed by atoms with Crippen molar-refractivity contribution in [2.24, 2.45) is 0 Å². The summed E-state index contributed by atoms with van der Waals surface area (Å²) in [6.07, 6.45) is 1.28. The van der Waals surface area contributed by atoms with E-state index in [9.17, 15) is 9.90 Å². The highest BCUT2D eigenvalue weighted by Gasteiger charge is 2.15. The molecule has 0 amide bonds. The van der Waals surface area contributed by atoms with Crippen molar-refractivity contribution in [3.63, 3.8) is 0 Å². The van der Waals surface area contributed by atoms with Gasteiger partial charge in [-0.15, -0.1) is 0 Å². The summed E-state index contributed by atoms with van der Waals surface area (Å²) in [5.74, 6) is -0.351. The van der Waals surface area contributed by atoms with Crippen LogP contribution in [0.15, 0.2) is 176 Å². The molecule has 6 aromatic carbocycles. The number of benzene rings is 6. The normalized spacial score (nSPS) is 11.1. The summed E-state index contributed by atoms with van der Waals surface area (Å²) in [6, 6.07) is 55.4. The maximum absolute atomic E-state index is 13.1. The largest absolute Gasteiger partial charge is 0.507 e. The van der Waals surface area contributed by atoms with Gasteiger partial charge in [0.2, 0.25) is 0 Å². The molecule has 0 aliphatic heterocycles. The van der Waals surface area contributed by atoms with E-state index in [0.717, 1.165) is 34.1 Å². The van der Waals surface area contributed by atoms with Crippen molar-refractivity contribution in [1.29, 1.82) is 0 Å². The van der Waals surface area contributed by atoms with Crippen LogP contribution in [0.25, 0.3) is 5.76 Å². The molecular weight excluding hydrogens is 528 g/mol. The molecule has 0 saturated heterocycles. The predicted molar refractivity (Wildman–Crippen MR) is 177 cm³/mol. The van der Waals surface area contributed by atoms with Crippen molar-refractivity contribution in [1.82, 2.24) is 0 Å². The molecule has 1 N–H and O–H groups in total. The second-order valence-corrected chi connectivity index (χ2v) is 10.0. The summed E-state index contributed by atoms with van der Waals surface area (Å²) >= 11 is 0. The first kappa shape index (κ1) is 27.3. The summed E-state index contributed by atoms with van der Waals surface area (Å²) in [5, 5.41) is 10.9. The Balaban J connectivity index is 1.23. The van der Waals surface area contributed by atoms with Crippen LogP contribution in [0.5, 0.6) is 0 Å². The van der Waals surface area contributed by atoms with E-state index in [1.165, 1.54) is 6.08 Å². The molecule has 0 fully saturated rings. The van der Waals surface area contributed by atoms with E-state index >= 15 is 0 Å². The number of allylic oxidation sites excluding steroid dienone is 1. The minimum atomic E-state index is -0.269. The van der Waals surface area contributed by atoms with Gasteiger partial charge in [0.15, 0.2) is 5.78 Å². The van der Waals surface area contributed by atoms with Crippen LogP contribution in [0.2, 0.25) is 0 Å². The van der Waals surface area contributed by atoms with Crippen molar-refractivity contribution in [2.45, 2.75) is 0 Å². The number of hydrogen-bond donors (Lipinski definition) is 1. The molecule has 208 valence electrons. The molecule has 0 bridgehead atoms. The Labute approximate surface area is 252 Å². The zero-order valence-corrected chi connectivity index (χ0v) is 23.5. The lowest BCUT2D eigenvalue weighted by Gasteiger charge is -2.25. The van der Waals surface area contributed by atoms with Gasteiger partial charge in [-0.2, -0.15) is 0 Å². The Kier molecular flexibility index (Phi) is 8.10. The van der Waals surface area contributed by atoms with Crippen LogP contribution in [0, 0.1) is 0 Å². The molecule has 0 aromatic heterocycles. The van der Waals surface area contributed by atoms with Crippen molar-refractivity contribution in [3.8, 4) is 0 Å². The van der Waals surface area contributed by atoms with Crippen molar-refractivity contribution >= 4 is 45.7 Å². The Hall–Kier alpha value is -5.87. The van der Waals surface area contributed by atoms with E-state index in [2.05, 4.69) is 58.3 Å². The highest BCUT2D eigenvalue weighted by atomic mass is 16.3. The first-order valence-corrected chi connectivity index (χ1v) is 14.1. The lowest BCUT2D eigenvalue weighted by atomic mass is 10.1. The van der Waals surface area contributed by atoms with E-state index in [-0.39, 0.29) is 11.5 Å². The zero-order valence-electron chi connectivity index (χ0n) is 23.5. The van der Waals surface area contributed by atoms with E-state index < -0.39 is 0 Å². The molecule has 6 rings (SSSR count). The lowest BCUT2D eigenvalue weighted by Crippen LogP contribution is -2.10. The van der Waals surface area contributed by atoms with E-state index in [0.29, 0.717) is 11.1 Å². The number of para-hydroxylation sites is 4. The van der Waals surface area contributed by atoms with Crippen LogP contribution in [0.3, 0.4) is 0 Å². The summed E-state index contributed by atoms with van der Waals surface area (Å²) in [4.78, 5) is 17.4. The van der Waals surface area contributed by atoms with Gasteiger partial charge in [-0.3, -0.25) is 4.79 Å². The summed E-state index contributed by atoms with van der Waals surface area (Å²) in [5.41, 5.74) is 7.02. The third-order valence-corrected chi connectivity index (χ3v) is 7.16. The van der Waals surface area contributed by atoms with Crippen LogP contribution in [-0.2, 0) is 0 Å². The van der Waals surface area contributed by atoms with Gasteiger partial charge in [0.25, 0.3) is 0 Å². The van der Waals surface area contributed by atoms with Crippen molar-refractivity contribution < 1.29 is 9.90 Å². The van der Waals surface area contributed by atoms with Crippen LogP contribution in [-0.4, -0.2) is 10.9 Å². The average Bonchev–Trinajstić information content (AvgIpc) is 3.07. The monoisotopic (exact) mass is 558 g/mol. The second kappa shape index (κ2) is 12.8. The number of rotatable bonds is 9. The molecule has 0 atom stereocenters. The Bertz CT molecular complexity index is 1720. The molecule has 0 aliphatic rings. The fraction of sp³-hybridized carbons (Fsp3) is 0. The summed E-state index contributed by atoms with van der Waals surface area (Å²) in [7, 11) is 0. The molecular formula is C39H30N2O2. The van der Waals surface area contributed by atoms with E-state index in [4.69, 9.17) is 0 Å². The van der Waals surface area contributed by atoms with Gasteiger partial charge in [0.05, 0.1) is 0 Å². The average molecular weight is 559 g/mol. The number of carbonyl (C=O) groups excluding carboxylic acids is 1. The quantitative estimate of drug-likeness (QED) is 0.109. The molecule has 43 heavy (non-hydrogen) atoms. The van der Waals surface area contributed by atoms with Gasteiger partial charge in [0, 0.05) is 51.3 Å². The Morgan fingerprint density at radius 2 is 0.674 bits per heavy atom. The second-order valence-electron chi connectivity index (χ2n) is 10.0. The molecule has 0 radical (unpaired) electrons. The minimum Gasteiger partial charge on any atom is -0.507 e. The van der Waals surface area contributed by atoms with E-state index in [1.807, 2.05) is 109 Å². The van der Waals surface area contributed by atoms with Crippen molar-refractivity contribution in [2.75, 3.05) is 9.80 Å². The molecule has 0 saturated carbocycles. The number of ketones is 1. The third kappa shape index (κ3) is 6.24. The van der Waals surface area contributed by atoms with Crippen LogP contribution in [0.4, 0.5) is 34.1 Å². The predicted octanol–water partition coefficient (Wildman–Crippen LogP) is 10.4. The first-order chi connectivity index (χ1) is 21.2. The smallest absolute Gasteiger partial charge is 0.189 e. The SMILES string of the molecule is O=C(/C=C(\O)c1ccc(N(c2ccccc2)c2ccccc2)cc1)c1ccc(N(c2ccccc2)c2ccccc2)cc1. The zero-order chi connectivity index (χ0) is 29.4. The van der Waals surface area contributed by atoms with Gasteiger partial charge in [0.1, 0.15) is 5.76 Å². The highest BCUT2D eigenvalue weighted by Crippen LogP contribution is 2.36. The molecule has 0 aliphatic carbocycles. The number of aliphatic hydroxyl groups excluding tert-OH is 1. The Morgan fingerprint density at radius 1 is 0.395 bits per heavy atom. The maximum Gasteiger partial charge on any atom is 0.189 e. The minimum absolute atomic E-state index is 0.0817.